The number of hydrogen-bond donors (Lipinski definition) is 0. The predicted molar refractivity (Wildman–Crippen MR) is 123 cm³/mol. The number of hydrogen-bond acceptors (Lipinski definition) is 2. The second-order valence-corrected chi connectivity index (χ2v) is 11.0. The molecule has 0 saturated carbocycles. The van der Waals surface area contributed by atoms with Crippen LogP contribution in [0.3, 0.4) is 0 Å². The molecule has 2 aliphatic carbocycles. The number of benzene rings is 1. The van der Waals surface area contributed by atoms with Crippen LogP contribution in [-0.2, 0) is 0 Å². The van der Waals surface area contributed by atoms with Crippen LogP contribution in [-0.4, -0.2) is 5.25 Å². The Labute approximate surface area is 171 Å². The molecular weight excluding hydrogens is 364 g/mol. The van der Waals surface area contributed by atoms with Crippen LogP contribution in [0.15, 0.2) is 34.8 Å². The minimum absolute atomic E-state index is 0.578. The normalized spacial score (nSPS) is 22.7. The monoisotopic (exact) mass is 390 g/mol. The van der Waals surface area contributed by atoms with Crippen molar-refractivity contribution >= 4 is 40.3 Å². The molecule has 1 aliphatic heterocycles. The van der Waals surface area contributed by atoms with Gasteiger partial charge in [0.05, 0.1) is 0 Å². The maximum absolute atomic E-state index is 2.47. The molecule has 138 valence electrons. The highest BCUT2D eigenvalue weighted by Crippen LogP contribution is 2.56. The number of thiophene rings is 1. The van der Waals surface area contributed by atoms with E-state index in [1.165, 1.54) is 51.1 Å². The zero-order chi connectivity index (χ0) is 18.9. The summed E-state index contributed by atoms with van der Waals surface area (Å²) in [6.07, 6.45) is 7.31. The zero-order valence-corrected chi connectivity index (χ0v) is 18.4. The smallest absolute Gasteiger partial charge is 0.0395 e. The Kier molecular flexibility index (Phi) is 4.07. The third-order valence-corrected chi connectivity index (χ3v) is 8.64. The summed E-state index contributed by atoms with van der Waals surface area (Å²) >= 11 is 4.06. The van der Waals surface area contributed by atoms with Gasteiger partial charge in [0.25, 0.3) is 0 Å². The summed E-state index contributed by atoms with van der Waals surface area (Å²) in [6, 6.07) is 6.98. The third-order valence-electron chi connectivity index (χ3n) is 6.32. The molecule has 2 aromatic rings. The third kappa shape index (κ3) is 2.64. The molecule has 2 heterocycles. The van der Waals surface area contributed by atoms with Crippen molar-refractivity contribution in [3.8, 4) is 0 Å². The molecule has 0 fully saturated rings. The highest BCUT2D eigenvalue weighted by Gasteiger charge is 2.34. The van der Waals surface area contributed by atoms with Crippen LogP contribution in [0.5, 0.6) is 0 Å². The second kappa shape index (κ2) is 6.25. The summed E-state index contributed by atoms with van der Waals surface area (Å²) in [4.78, 5) is 4.56. The molecule has 0 radical (unpaired) electrons. The molecule has 1 aromatic carbocycles. The lowest BCUT2D eigenvalue weighted by Crippen LogP contribution is -2.01. The van der Waals surface area contributed by atoms with Crippen molar-refractivity contribution in [1.29, 1.82) is 0 Å². The number of thioether (sulfide) groups is 1. The first-order valence-electron chi connectivity index (χ1n) is 9.95. The largest absolute Gasteiger partial charge is 0.140 e. The van der Waals surface area contributed by atoms with Crippen LogP contribution in [0, 0.1) is 20.8 Å². The van der Waals surface area contributed by atoms with Gasteiger partial charge in [-0.05, 0) is 86.9 Å². The van der Waals surface area contributed by atoms with Crippen molar-refractivity contribution in [1.82, 2.24) is 0 Å². The highest BCUT2D eigenvalue weighted by atomic mass is 32.2. The summed E-state index contributed by atoms with van der Waals surface area (Å²) in [5.41, 5.74) is 12.1. The fourth-order valence-electron chi connectivity index (χ4n) is 5.03. The molecule has 0 nitrogen and oxygen atoms in total. The summed E-state index contributed by atoms with van der Waals surface area (Å²) in [7, 11) is 0. The van der Waals surface area contributed by atoms with E-state index in [1.54, 1.807) is 20.9 Å². The van der Waals surface area contributed by atoms with Gasteiger partial charge in [0, 0.05) is 31.4 Å². The highest BCUT2D eigenvalue weighted by molar-refractivity contribution is 8.05. The number of fused-ring (bicyclic) bond motifs is 4. The lowest BCUT2D eigenvalue weighted by molar-refractivity contribution is 0.730. The van der Waals surface area contributed by atoms with E-state index in [-0.39, 0.29) is 0 Å². The molecule has 0 bridgehead atoms. The first-order chi connectivity index (χ1) is 12.9. The summed E-state index contributed by atoms with van der Waals surface area (Å²) in [6.45, 7) is 11.4. The Morgan fingerprint density at radius 2 is 1.81 bits per heavy atom. The Bertz CT molecular complexity index is 1060. The topological polar surface area (TPSA) is 0 Å². The van der Waals surface area contributed by atoms with E-state index in [0.717, 1.165) is 0 Å². The SMILES string of the molecule is CC1=Cc2c(C)ccc(C)c2C1CCC1=C2SC(C)C=C2c2cc(C)sc21. The molecule has 2 heteroatoms. The maximum atomic E-state index is 2.47. The number of allylic oxidation sites excluding steroid dienone is 3. The average Bonchev–Trinajstić information content (AvgIpc) is 3.32. The molecule has 0 amide bonds. The van der Waals surface area contributed by atoms with Crippen LogP contribution in [0.2, 0.25) is 0 Å². The van der Waals surface area contributed by atoms with Crippen molar-refractivity contribution in [2.75, 3.05) is 0 Å². The van der Waals surface area contributed by atoms with E-state index in [9.17, 15) is 0 Å². The minimum atomic E-state index is 0.578. The predicted octanol–water partition coefficient (Wildman–Crippen LogP) is 7.90. The van der Waals surface area contributed by atoms with Crippen LogP contribution in [0.1, 0.15) is 70.2 Å². The standard InChI is InChI=1S/C25H26S2/c1-13-6-7-14(2)23-18(15(3)10-20(13)23)8-9-19-24-21(11-16(4)26-24)22-12-17(5)27-25(19)22/h6-7,10-12,16,18H,8-9H2,1-5H3. The fourth-order valence-corrected chi connectivity index (χ4v) is 7.43. The average molecular weight is 391 g/mol. The van der Waals surface area contributed by atoms with Gasteiger partial charge in [0.15, 0.2) is 0 Å². The fraction of sp³-hybridized carbons (Fsp3) is 0.360. The van der Waals surface area contributed by atoms with E-state index >= 15 is 0 Å². The van der Waals surface area contributed by atoms with E-state index in [4.69, 9.17) is 0 Å². The van der Waals surface area contributed by atoms with Gasteiger partial charge in [0.2, 0.25) is 0 Å². The van der Waals surface area contributed by atoms with E-state index in [2.05, 4.69) is 76.7 Å². The van der Waals surface area contributed by atoms with Gasteiger partial charge in [-0.15, -0.1) is 23.1 Å². The van der Waals surface area contributed by atoms with E-state index in [1.807, 2.05) is 11.3 Å². The van der Waals surface area contributed by atoms with Gasteiger partial charge < -0.3 is 0 Å². The molecule has 5 rings (SSSR count). The Morgan fingerprint density at radius 1 is 1.04 bits per heavy atom. The van der Waals surface area contributed by atoms with Crippen molar-refractivity contribution in [2.45, 2.75) is 58.6 Å². The van der Waals surface area contributed by atoms with Crippen LogP contribution < -0.4 is 0 Å². The molecule has 0 N–H and O–H groups in total. The molecule has 2 unspecified atom stereocenters. The number of aryl methyl sites for hydroxylation is 3. The van der Waals surface area contributed by atoms with Gasteiger partial charge in [-0.2, -0.15) is 0 Å². The van der Waals surface area contributed by atoms with Gasteiger partial charge in [-0.25, -0.2) is 0 Å². The van der Waals surface area contributed by atoms with E-state index < -0.39 is 0 Å². The summed E-state index contributed by atoms with van der Waals surface area (Å²) < 4.78 is 0. The molecule has 1 aromatic heterocycles. The van der Waals surface area contributed by atoms with Crippen molar-refractivity contribution in [3.05, 3.63) is 72.3 Å². The molecule has 0 spiro atoms. The maximum Gasteiger partial charge on any atom is 0.0395 e. The summed E-state index contributed by atoms with van der Waals surface area (Å²) in [5, 5.41) is 0.608. The Morgan fingerprint density at radius 3 is 2.63 bits per heavy atom. The van der Waals surface area contributed by atoms with Crippen molar-refractivity contribution in [3.63, 3.8) is 0 Å². The van der Waals surface area contributed by atoms with Gasteiger partial charge >= 0.3 is 0 Å². The van der Waals surface area contributed by atoms with Gasteiger partial charge in [-0.1, -0.05) is 29.9 Å². The first kappa shape index (κ1) is 17.6. The zero-order valence-electron chi connectivity index (χ0n) is 16.8. The van der Waals surface area contributed by atoms with Gasteiger partial charge in [0.1, 0.15) is 0 Å². The quantitative estimate of drug-likeness (QED) is 0.513. The van der Waals surface area contributed by atoms with Crippen LogP contribution in [0.4, 0.5) is 0 Å². The van der Waals surface area contributed by atoms with E-state index in [0.29, 0.717) is 11.2 Å². The Hall–Kier alpha value is -1.51. The van der Waals surface area contributed by atoms with Gasteiger partial charge in [-0.3, -0.25) is 0 Å². The molecular formula is C25H26S2. The molecule has 27 heavy (non-hydrogen) atoms. The Balaban J connectivity index is 1.49. The molecule has 0 saturated heterocycles. The first-order valence-corrected chi connectivity index (χ1v) is 11.6. The van der Waals surface area contributed by atoms with Crippen LogP contribution >= 0.6 is 23.1 Å². The number of rotatable bonds is 3. The molecule has 3 aliphatic rings. The lowest BCUT2D eigenvalue weighted by Gasteiger charge is -2.18. The van der Waals surface area contributed by atoms with Crippen molar-refractivity contribution < 1.29 is 0 Å². The van der Waals surface area contributed by atoms with Crippen LogP contribution in [0.25, 0.3) is 17.2 Å². The second-order valence-electron chi connectivity index (χ2n) is 8.32. The molecule has 2 atom stereocenters. The minimum Gasteiger partial charge on any atom is -0.140 e. The lowest BCUT2D eigenvalue weighted by atomic mass is 9.87. The summed E-state index contributed by atoms with van der Waals surface area (Å²) in [5.74, 6) is 0.578. The van der Waals surface area contributed by atoms with Crippen molar-refractivity contribution in [2.24, 2.45) is 0 Å².